The van der Waals surface area contributed by atoms with Gasteiger partial charge in [0, 0.05) is 18.5 Å². The van der Waals surface area contributed by atoms with Gasteiger partial charge in [-0.05, 0) is 54.7 Å². The number of rotatable bonds is 8. The van der Waals surface area contributed by atoms with Gasteiger partial charge >= 0.3 is 18.0 Å². The van der Waals surface area contributed by atoms with Crippen LogP contribution in [0.5, 0.6) is 5.75 Å². The van der Waals surface area contributed by atoms with Crippen molar-refractivity contribution in [3.63, 3.8) is 0 Å². The van der Waals surface area contributed by atoms with Crippen molar-refractivity contribution in [3.8, 4) is 5.75 Å². The van der Waals surface area contributed by atoms with Crippen molar-refractivity contribution in [1.82, 2.24) is 5.32 Å². The first-order chi connectivity index (χ1) is 19.7. The highest BCUT2D eigenvalue weighted by Gasteiger charge is 2.59. The molecule has 0 unspecified atom stereocenters. The second kappa shape index (κ2) is 11.5. The molecule has 9 nitrogen and oxygen atoms in total. The van der Waals surface area contributed by atoms with Gasteiger partial charge in [0.05, 0.1) is 34.7 Å². The molecule has 3 atom stereocenters. The lowest BCUT2D eigenvalue weighted by Crippen LogP contribution is -2.54. The van der Waals surface area contributed by atoms with Gasteiger partial charge in [-0.1, -0.05) is 18.2 Å². The molecule has 0 amide bonds. The van der Waals surface area contributed by atoms with Crippen LogP contribution in [0.2, 0.25) is 0 Å². The van der Waals surface area contributed by atoms with E-state index < -0.39 is 97.6 Å². The second-order valence-corrected chi connectivity index (χ2v) is 13.2. The van der Waals surface area contributed by atoms with Gasteiger partial charge in [-0.15, -0.1) is 0 Å². The normalized spacial score (nSPS) is 23.3. The van der Waals surface area contributed by atoms with Crippen molar-refractivity contribution in [2.24, 2.45) is 5.92 Å². The van der Waals surface area contributed by atoms with E-state index in [1.165, 1.54) is 0 Å². The third kappa shape index (κ3) is 7.38. The highest BCUT2D eigenvalue weighted by atomic mass is 32.2. The number of fused-ring (bicyclic) bond motifs is 1. The molecule has 2 aromatic carbocycles. The molecule has 2 aliphatic heterocycles. The quantitative estimate of drug-likeness (QED) is 0.245. The van der Waals surface area contributed by atoms with Gasteiger partial charge in [0.2, 0.25) is 11.6 Å². The van der Waals surface area contributed by atoms with Crippen molar-refractivity contribution in [2.45, 2.75) is 69.6 Å². The molecule has 0 spiro atoms. The SMILES string of the molecule is CC1(C)OCc2ccc(CN[C@H]3CS(=O)(=O)C[C@@H](Cc4cc(F)c([N+](=O)[O-])c(OC(C(F)(F)F)C(F)(F)F)c4)[C@@H]3O)cc21. The first-order valence-electron chi connectivity index (χ1n) is 12.8. The van der Waals surface area contributed by atoms with Crippen LogP contribution in [0.25, 0.3) is 0 Å². The summed E-state index contributed by atoms with van der Waals surface area (Å²) in [6, 6.07) is 5.39. The van der Waals surface area contributed by atoms with Crippen LogP contribution in [0.15, 0.2) is 30.3 Å². The third-order valence-corrected chi connectivity index (χ3v) is 9.19. The Morgan fingerprint density at radius 1 is 1.12 bits per heavy atom. The smallest absolute Gasteiger partial charge is 0.434 e. The molecule has 2 aromatic rings. The number of halogens is 7. The van der Waals surface area contributed by atoms with E-state index >= 15 is 0 Å². The van der Waals surface area contributed by atoms with Gasteiger partial charge in [-0.25, -0.2) is 8.42 Å². The van der Waals surface area contributed by atoms with Crippen molar-refractivity contribution >= 4 is 15.5 Å². The molecular weight excluding hydrogens is 617 g/mol. The lowest BCUT2D eigenvalue weighted by Gasteiger charge is -2.35. The lowest BCUT2D eigenvalue weighted by molar-refractivity contribution is -0.390. The minimum Gasteiger partial charge on any atom is -0.464 e. The Kier molecular flexibility index (Phi) is 8.78. The maximum absolute atomic E-state index is 14.7. The van der Waals surface area contributed by atoms with Gasteiger partial charge in [0.25, 0.3) is 6.10 Å². The molecule has 43 heavy (non-hydrogen) atoms. The predicted molar refractivity (Wildman–Crippen MR) is 136 cm³/mol. The molecule has 0 radical (unpaired) electrons. The Hall–Kier alpha value is -3.02. The largest absolute Gasteiger partial charge is 0.464 e. The van der Waals surface area contributed by atoms with Crippen molar-refractivity contribution in [3.05, 3.63) is 68.5 Å². The molecule has 0 bridgehead atoms. The number of nitrogens with one attached hydrogen (secondary N) is 1. The summed E-state index contributed by atoms with van der Waals surface area (Å²) in [7, 11) is -3.84. The van der Waals surface area contributed by atoms with E-state index in [1.807, 2.05) is 26.0 Å². The van der Waals surface area contributed by atoms with Crippen LogP contribution >= 0.6 is 0 Å². The number of nitrogens with zero attached hydrogens (tertiary/aromatic N) is 1. The average molecular weight is 645 g/mol. The van der Waals surface area contributed by atoms with Crippen LogP contribution in [0, 0.1) is 21.8 Å². The standard InChI is InChI=1S/C26H27F7N2O7S/c1-24(2)17-6-13(3-4-15(17)10-41-24)9-34-19-12-43(39,40)11-16(22(19)36)5-14-7-18(27)21(35(37)38)20(8-14)42-23(25(28,29)30)26(31,32)33/h3-4,6-8,16,19,22-23,34,36H,5,9-12H2,1-2H3/t16-,19+,22+/m1/s1. The number of benzene rings is 2. The van der Waals surface area contributed by atoms with E-state index in [1.54, 1.807) is 6.07 Å². The zero-order chi connectivity index (χ0) is 32.1. The van der Waals surface area contributed by atoms with E-state index in [4.69, 9.17) is 4.74 Å². The number of ether oxygens (including phenoxy) is 2. The molecule has 0 saturated carbocycles. The summed E-state index contributed by atoms with van der Waals surface area (Å²) >= 11 is 0. The molecule has 1 saturated heterocycles. The number of nitro groups is 1. The fourth-order valence-corrected chi connectivity index (χ4v) is 7.28. The summed E-state index contributed by atoms with van der Waals surface area (Å²) in [4.78, 5) is 9.74. The zero-order valence-electron chi connectivity index (χ0n) is 22.6. The topological polar surface area (TPSA) is 128 Å². The number of aliphatic hydroxyl groups is 1. The van der Waals surface area contributed by atoms with Gasteiger partial charge in [0.15, 0.2) is 9.84 Å². The fraction of sp³-hybridized carbons (Fsp3) is 0.538. The van der Waals surface area contributed by atoms with E-state index in [0.717, 1.165) is 16.7 Å². The first kappa shape index (κ1) is 32.9. The Labute approximate surface area is 241 Å². The van der Waals surface area contributed by atoms with Crippen LogP contribution in [0.3, 0.4) is 0 Å². The molecule has 0 aliphatic carbocycles. The Morgan fingerprint density at radius 2 is 1.77 bits per heavy atom. The molecule has 2 N–H and O–H groups in total. The average Bonchev–Trinajstić information content (AvgIpc) is 3.15. The van der Waals surface area contributed by atoms with Crippen LogP contribution in [0.1, 0.15) is 36.1 Å². The summed E-state index contributed by atoms with van der Waals surface area (Å²) in [6.07, 6.45) is -18.6. The minimum absolute atomic E-state index is 0.133. The molecule has 17 heteroatoms. The molecule has 1 fully saturated rings. The lowest BCUT2D eigenvalue weighted by atomic mass is 9.90. The summed E-state index contributed by atoms with van der Waals surface area (Å²) < 4.78 is 128. The first-order valence-corrected chi connectivity index (χ1v) is 14.6. The monoisotopic (exact) mass is 644 g/mol. The van der Waals surface area contributed by atoms with E-state index in [2.05, 4.69) is 10.1 Å². The minimum atomic E-state index is -6.05. The number of sulfone groups is 1. The summed E-state index contributed by atoms with van der Waals surface area (Å²) in [5.74, 6) is -5.76. The number of aliphatic hydroxyl groups excluding tert-OH is 1. The Morgan fingerprint density at radius 3 is 2.37 bits per heavy atom. The van der Waals surface area contributed by atoms with Crippen LogP contribution in [0.4, 0.5) is 36.4 Å². The van der Waals surface area contributed by atoms with E-state index in [-0.39, 0.29) is 6.54 Å². The molecular formula is C26H27F7N2O7S. The Balaban J connectivity index is 1.57. The van der Waals surface area contributed by atoms with Gasteiger partial charge in [-0.3, -0.25) is 10.1 Å². The third-order valence-electron chi connectivity index (χ3n) is 7.38. The van der Waals surface area contributed by atoms with Crippen molar-refractivity contribution in [1.29, 1.82) is 0 Å². The van der Waals surface area contributed by atoms with Crippen LogP contribution < -0.4 is 10.1 Å². The molecule has 2 aliphatic rings. The van der Waals surface area contributed by atoms with Gasteiger partial charge in [0.1, 0.15) is 0 Å². The van der Waals surface area contributed by atoms with Crippen molar-refractivity contribution < 1.29 is 58.7 Å². The summed E-state index contributed by atoms with van der Waals surface area (Å²) in [5.41, 5.74) is -0.0226. The van der Waals surface area contributed by atoms with E-state index in [9.17, 15) is 54.4 Å². The Bertz CT molecular complexity index is 1480. The van der Waals surface area contributed by atoms with Crippen LogP contribution in [-0.4, -0.2) is 60.6 Å². The highest BCUT2D eigenvalue weighted by molar-refractivity contribution is 7.91. The highest BCUT2D eigenvalue weighted by Crippen LogP contribution is 2.41. The number of alkyl halides is 6. The molecule has 4 rings (SSSR count). The van der Waals surface area contributed by atoms with E-state index in [0.29, 0.717) is 18.7 Å². The summed E-state index contributed by atoms with van der Waals surface area (Å²) in [5, 5.41) is 25.3. The molecule has 0 aromatic heterocycles. The number of nitro benzene ring substituents is 1. The maximum Gasteiger partial charge on any atom is 0.434 e. The fourth-order valence-electron chi connectivity index (χ4n) is 5.32. The van der Waals surface area contributed by atoms with Gasteiger partial charge in [-0.2, -0.15) is 30.7 Å². The number of hydrogen-bond donors (Lipinski definition) is 2. The zero-order valence-corrected chi connectivity index (χ0v) is 23.4. The summed E-state index contributed by atoms with van der Waals surface area (Å²) in [6.45, 7) is 4.35. The predicted octanol–water partition coefficient (Wildman–Crippen LogP) is 4.48. The second-order valence-electron chi connectivity index (χ2n) is 11.1. The number of hydrogen-bond acceptors (Lipinski definition) is 8. The van der Waals surface area contributed by atoms with Crippen molar-refractivity contribution in [2.75, 3.05) is 11.5 Å². The van der Waals surface area contributed by atoms with Gasteiger partial charge < -0.3 is 19.9 Å². The van der Waals surface area contributed by atoms with Crippen LogP contribution in [-0.2, 0) is 39.7 Å². The molecule has 238 valence electrons. The maximum atomic E-state index is 14.7. The molecule has 2 heterocycles.